The fraction of sp³-hybridized carbons (Fsp3) is 0.615. The van der Waals surface area contributed by atoms with Crippen molar-refractivity contribution < 1.29 is 9.90 Å². The lowest BCUT2D eigenvalue weighted by Gasteiger charge is -2.36. The van der Waals surface area contributed by atoms with Crippen LogP contribution in [0, 0.1) is 0 Å². The van der Waals surface area contributed by atoms with E-state index in [2.05, 4.69) is 14.9 Å². The Balaban J connectivity index is 1.83. The predicted molar refractivity (Wildman–Crippen MR) is 79.8 cm³/mol. The Kier molecular flexibility index (Phi) is 5.60. The van der Waals surface area contributed by atoms with Gasteiger partial charge in [-0.25, -0.2) is 4.98 Å². The van der Waals surface area contributed by atoms with Crippen LogP contribution in [0.4, 0.5) is 5.82 Å². The smallest absolute Gasteiger partial charge is 0.251 e. The number of rotatable bonds is 5. The first-order chi connectivity index (χ1) is 9.72. The van der Waals surface area contributed by atoms with Crippen LogP contribution in [0.15, 0.2) is 18.6 Å². The number of aliphatic hydroxyl groups is 1. The number of nitrogens with zero attached hydrogens (tertiary/aromatic N) is 4. The van der Waals surface area contributed by atoms with E-state index in [1.54, 1.807) is 35.3 Å². The van der Waals surface area contributed by atoms with Crippen LogP contribution in [0.5, 0.6) is 0 Å². The summed E-state index contributed by atoms with van der Waals surface area (Å²) < 4.78 is 0. The molecule has 0 radical (unpaired) electrons. The molecule has 1 amide bonds. The maximum absolute atomic E-state index is 12.1. The van der Waals surface area contributed by atoms with E-state index < -0.39 is 6.10 Å². The Hall–Kier alpha value is -1.34. The molecule has 0 unspecified atom stereocenters. The molecule has 1 atom stereocenters. The topological polar surface area (TPSA) is 69.6 Å². The van der Waals surface area contributed by atoms with Crippen LogP contribution < -0.4 is 4.90 Å². The minimum atomic E-state index is -0.870. The Morgan fingerprint density at radius 1 is 1.40 bits per heavy atom. The lowest BCUT2D eigenvalue weighted by Crippen LogP contribution is -2.51. The molecule has 1 fully saturated rings. The number of anilines is 1. The van der Waals surface area contributed by atoms with Crippen LogP contribution in [0.2, 0.25) is 0 Å². The van der Waals surface area contributed by atoms with E-state index >= 15 is 0 Å². The van der Waals surface area contributed by atoms with Crippen molar-refractivity contribution in [2.45, 2.75) is 12.5 Å². The lowest BCUT2D eigenvalue weighted by atomic mass is 10.2. The molecule has 0 spiro atoms. The summed E-state index contributed by atoms with van der Waals surface area (Å²) >= 11 is 1.64. The number of hydrogen-bond acceptors (Lipinski definition) is 6. The van der Waals surface area contributed by atoms with E-state index in [9.17, 15) is 9.90 Å². The fourth-order valence-corrected chi connectivity index (χ4v) is 2.63. The van der Waals surface area contributed by atoms with E-state index in [-0.39, 0.29) is 5.91 Å². The molecule has 0 aromatic carbocycles. The normalized spacial score (nSPS) is 17.1. The number of hydrogen-bond donors (Lipinski definition) is 1. The van der Waals surface area contributed by atoms with Gasteiger partial charge in [-0.05, 0) is 18.4 Å². The highest BCUT2D eigenvalue weighted by atomic mass is 32.2. The highest BCUT2D eigenvalue weighted by Gasteiger charge is 2.26. The molecule has 1 N–H and O–H groups in total. The predicted octanol–water partition coefficient (Wildman–Crippen LogP) is 0.239. The lowest BCUT2D eigenvalue weighted by molar-refractivity contribution is -0.140. The molecule has 1 aliphatic rings. The average molecular weight is 296 g/mol. The van der Waals surface area contributed by atoms with E-state index in [1.807, 2.05) is 6.26 Å². The van der Waals surface area contributed by atoms with Gasteiger partial charge in [0.25, 0.3) is 5.91 Å². The molecule has 1 aliphatic heterocycles. The van der Waals surface area contributed by atoms with Crippen molar-refractivity contribution in [1.82, 2.24) is 14.9 Å². The third-order valence-corrected chi connectivity index (χ3v) is 3.99. The Morgan fingerprint density at radius 2 is 2.15 bits per heavy atom. The third-order valence-electron chi connectivity index (χ3n) is 3.35. The summed E-state index contributed by atoms with van der Waals surface area (Å²) in [6.07, 6.45) is 6.65. The largest absolute Gasteiger partial charge is 0.383 e. The fourth-order valence-electron chi connectivity index (χ4n) is 2.17. The number of piperazine rings is 1. The van der Waals surface area contributed by atoms with Gasteiger partial charge in [-0.3, -0.25) is 9.78 Å². The first kappa shape index (κ1) is 15.1. The molecular weight excluding hydrogens is 276 g/mol. The van der Waals surface area contributed by atoms with Crippen molar-refractivity contribution in [1.29, 1.82) is 0 Å². The van der Waals surface area contributed by atoms with Crippen molar-refractivity contribution >= 4 is 23.5 Å². The summed E-state index contributed by atoms with van der Waals surface area (Å²) in [5.74, 6) is 1.48. The summed E-state index contributed by atoms with van der Waals surface area (Å²) in [7, 11) is 0. The Morgan fingerprint density at radius 3 is 2.75 bits per heavy atom. The second-order valence-electron chi connectivity index (χ2n) is 4.67. The molecule has 1 aromatic rings. The standard InChI is InChI=1S/C13H20N4O2S/c1-20-9-2-11(18)13(19)17-7-5-16(6-8-17)12-10-14-3-4-15-12/h3-4,10-11,18H,2,5-9H2,1H3/t11-/m0/s1. The summed E-state index contributed by atoms with van der Waals surface area (Å²) in [5.41, 5.74) is 0. The molecule has 110 valence electrons. The van der Waals surface area contributed by atoms with Gasteiger partial charge >= 0.3 is 0 Å². The van der Waals surface area contributed by atoms with Crippen LogP contribution in [0.1, 0.15) is 6.42 Å². The number of carbonyl (C=O) groups is 1. The van der Waals surface area contributed by atoms with E-state index in [1.165, 1.54) is 0 Å². The number of aliphatic hydroxyl groups excluding tert-OH is 1. The second kappa shape index (κ2) is 7.44. The van der Waals surface area contributed by atoms with Crippen molar-refractivity contribution in [3.8, 4) is 0 Å². The van der Waals surface area contributed by atoms with Crippen molar-refractivity contribution in [3.05, 3.63) is 18.6 Å². The van der Waals surface area contributed by atoms with Crippen LogP contribution in [-0.2, 0) is 4.79 Å². The molecule has 0 bridgehead atoms. The molecule has 20 heavy (non-hydrogen) atoms. The van der Waals surface area contributed by atoms with Crippen molar-refractivity contribution in [3.63, 3.8) is 0 Å². The molecule has 0 aliphatic carbocycles. The highest BCUT2D eigenvalue weighted by molar-refractivity contribution is 7.98. The maximum Gasteiger partial charge on any atom is 0.251 e. The van der Waals surface area contributed by atoms with Crippen molar-refractivity contribution in [2.24, 2.45) is 0 Å². The first-order valence-electron chi connectivity index (χ1n) is 6.69. The van der Waals surface area contributed by atoms with Gasteiger partial charge in [0.1, 0.15) is 11.9 Å². The Bertz CT molecular complexity index is 424. The minimum absolute atomic E-state index is 0.155. The number of thioether (sulfide) groups is 1. The molecule has 6 nitrogen and oxygen atoms in total. The molecule has 7 heteroatoms. The van der Waals surface area contributed by atoms with Crippen LogP contribution in [0.3, 0.4) is 0 Å². The van der Waals surface area contributed by atoms with Gasteiger partial charge in [-0.15, -0.1) is 0 Å². The van der Waals surface area contributed by atoms with Crippen LogP contribution >= 0.6 is 11.8 Å². The summed E-state index contributed by atoms with van der Waals surface area (Å²) in [6, 6.07) is 0. The molecule has 1 aromatic heterocycles. The van der Waals surface area contributed by atoms with Gasteiger partial charge in [-0.1, -0.05) is 0 Å². The highest BCUT2D eigenvalue weighted by Crippen LogP contribution is 2.13. The van der Waals surface area contributed by atoms with Gasteiger partial charge < -0.3 is 14.9 Å². The average Bonchev–Trinajstić information content (AvgIpc) is 2.53. The van der Waals surface area contributed by atoms with Crippen LogP contribution in [-0.4, -0.2) is 70.2 Å². The zero-order valence-corrected chi connectivity index (χ0v) is 12.4. The van der Waals surface area contributed by atoms with Gasteiger partial charge in [0.15, 0.2) is 0 Å². The summed E-state index contributed by atoms with van der Waals surface area (Å²) in [4.78, 5) is 24.2. The molecular formula is C13H20N4O2S. The minimum Gasteiger partial charge on any atom is -0.383 e. The molecule has 2 rings (SSSR count). The third kappa shape index (κ3) is 3.83. The maximum atomic E-state index is 12.1. The van der Waals surface area contributed by atoms with E-state index in [4.69, 9.17) is 0 Å². The molecule has 1 saturated heterocycles. The monoisotopic (exact) mass is 296 g/mol. The van der Waals surface area contributed by atoms with E-state index in [0.29, 0.717) is 19.5 Å². The van der Waals surface area contributed by atoms with Gasteiger partial charge in [0, 0.05) is 38.6 Å². The molecule has 0 saturated carbocycles. The summed E-state index contributed by atoms with van der Waals surface area (Å²) in [5, 5.41) is 9.84. The number of aromatic nitrogens is 2. The van der Waals surface area contributed by atoms with Gasteiger partial charge in [0.05, 0.1) is 6.20 Å². The van der Waals surface area contributed by atoms with Gasteiger partial charge in [0.2, 0.25) is 0 Å². The number of carbonyl (C=O) groups excluding carboxylic acids is 1. The first-order valence-corrected chi connectivity index (χ1v) is 8.08. The Labute approximate surface area is 123 Å². The van der Waals surface area contributed by atoms with Gasteiger partial charge in [-0.2, -0.15) is 11.8 Å². The zero-order valence-electron chi connectivity index (χ0n) is 11.6. The van der Waals surface area contributed by atoms with Crippen molar-refractivity contribution in [2.75, 3.05) is 43.1 Å². The SMILES string of the molecule is CSCC[C@H](O)C(=O)N1CCN(c2cnccn2)CC1. The second-order valence-corrected chi connectivity index (χ2v) is 5.66. The van der Waals surface area contributed by atoms with Crippen LogP contribution in [0.25, 0.3) is 0 Å². The summed E-state index contributed by atoms with van der Waals surface area (Å²) in [6.45, 7) is 2.68. The number of amides is 1. The quantitative estimate of drug-likeness (QED) is 0.839. The molecule has 2 heterocycles. The van der Waals surface area contributed by atoms with E-state index in [0.717, 1.165) is 24.7 Å². The zero-order chi connectivity index (χ0) is 14.4.